The van der Waals surface area contributed by atoms with Crippen molar-refractivity contribution in [3.63, 3.8) is 0 Å². The minimum atomic E-state index is -0.307. The summed E-state index contributed by atoms with van der Waals surface area (Å²) in [5, 5.41) is 3.43. The first-order chi connectivity index (χ1) is 7.13. The molecule has 1 atom stereocenters. The van der Waals surface area contributed by atoms with Crippen LogP contribution in [0, 0.1) is 0 Å². The molecule has 5 heteroatoms. The molecule has 2 amide bonds. The Labute approximate surface area is 90.9 Å². The van der Waals surface area contributed by atoms with Crippen molar-refractivity contribution in [3.05, 3.63) is 0 Å². The van der Waals surface area contributed by atoms with Gasteiger partial charge in [0.2, 0.25) is 0 Å². The van der Waals surface area contributed by atoms with Gasteiger partial charge in [0, 0.05) is 32.8 Å². The Hall–Kier alpha value is -0.810. The molecular formula is C10H21N3O2. The highest BCUT2D eigenvalue weighted by Crippen LogP contribution is 2.09. The summed E-state index contributed by atoms with van der Waals surface area (Å²) in [7, 11) is 1.71. The van der Waals surface area contributed by atoms with E-state index in [2.05, 4.69) is 5.32 Å². The average molecular weight is 215 g/mol. The molecule has 0 bridgehead atoms. The summed E-state index contributed by atoms with van der Waals surface area (Å²) < 4.78 is 5.15. The first kappa shape index (κ1) is 12.3. The van der Waals surface area contributed by atoms with Crippen molar-refractivity contribution in [2.75, 3.05) is 26.7 Å². The molecule has 1 aliphatic heterocycles. The zero-order valence-corrected chi connectivity index (χ0v) is 9.53. The largest absolute Gasteiger partial charge is 0.380 e. The summed E-state index contributed by atoms with van der Waals surface area (Å²) in [6, 6.07) is 0.178. The van der Waals surface area contributed by atoms with Gasteiger partial charge in [-0.1, -0.05) is 0 Å². The Balaban J connectivity index is 2.17. The standard InChI is InChI=1S/C10H21N3O2/c1-8(15-2)7-12-9-3-5-13(6-4-9)10(11)14/h8-9,12H,3-7H2,1-2H3,(H2,11,14). The first-order valence-corrected chi connectivity index (χ1v) is 5.44. The highest BCUT2D eigenvalue weighted by Gasteiger charge is 2.20. The lowest BCUT2D eigenvalue weighted by Gasteiger charge is -2.31. The lowest BCUT2D eigenvalue weighted by molar-refractivity contribution is 0.110. The zero-order chi connectivity index (χ0) is 11.3. The zero-order valence-electron chi connectivity index (χ0n) is 9.53. The van der Waals surface area contributed by atoms with Gasteiger partial charge in [0.05, 0.1) is 6.10 Å². The molecule has 1 rings (SSSR count). The maximum absolute atomic E-state index is 10.9. The third kappa shape index (κ3) is 4.05. The fourth-order valence-corrected chi connectivity index (χ4v) is 1.72. The number of nitrogens with two attached hydrogens (primary N) is 1. The third-order valence-electron chi connectivity index (χ3n) is 2.90. The van der Waals surface area contributed by atoms with E-state index in [1.165, 1.54) is 0 Å². The van der Waals surface area contributed by atoms with Crippen LogP contribution in [0.25, 0.3) is 0 Å². The van der Waals surface area contributed by atoms with Gasteiger partial charge >= 0.3 is 6.03 Å². The number of rotatable bonds is 4. The SMILES string of the molecule is COC(C)CNC1CCN(C(N)=O)CC1. The Morgan fingerprint density at radius 1 is 1.60 bits per heavy atom. The van der Waals surface area contributed by atoms with Crippen LogP contribution < -0.4 is 11.1 Å². The van der Waals surface area contributed by atoms with E-state index in [9.17, 15) is 4.79 Å². The molecule has 0 aliphatic carbocycles. The number of nitrogens with one attached hydrogen (secondary N) is 1. The number of urea groups is 1. The van der Waals surface area contributed by atoms with Gasteiger partial charge in [0.25, 0.3) is 0 Å². The molecule has 3 N–H and O–H groups in total. The summed E-state index contributed by atoms with van der Waals surface area (Å²) >= 11 is 0. The van der Waals surface area contributed by atoms with Crippen molar-refractivity contribution in [3.8, 4) is 0 Å². The van der Waals surface area contributed by atoms with E-state index in [1.807, 2.05) is 6.92 Å². The molecular weight excluding hydrogens is 194 g/mol. The van der Waals surface area contributed by atoms with E-state index in [0.717, 1.165) is 32.5 Å². The van der Waals surface area contributed by atoms with E-state index in [1.54, 1.807) is 12.0 Å². The highest BCUT2D eigenvalue weighted by atomic mass is 16.5. The summed E-state index contributed by atoms with van der Waals surface area (Å²) in [6.07, 6.45) is 2.18. The molecule has 1 heterocycles. The van der Waals surface area contributed by atoms with Crippen LogP contribution >= 0.6 is 0 Å². The van der Waals surface area contributed by atoms with Gasteiger partial charge in [-0.15, -0.1) is 0 Å². The molecule has 1 aliphatic rings. The molecule has 1 unspecified atom stereocenters. The van der Waals surface area contributed by atoms with Gasteiger partial charge in [-0.3, -0.25) is 0 Å². The van der Waals surface area contributed by atoms with Crippen LogP contribution in [-0.2, 0) is 4.74 Å². The Kier molecular flexibility index (Phi) is 4.84. The number of piperidine rings is 1. The molecule has 0 aromatic rings. The topological polar surface area (TPSA) is 67.6 Å². The van der Waals surface area contributed by atoms with Crippen LogP contribution in [0.2, 0.25) is 0 Å². The van der Waals surface area contributed by atoms with Crippen LogP contribution in [0.3, 0.4) is 0 Å². The van der Waals surface area contributed by atoms with Crippen LogP contribution in [0.5, 0.6) is 0 Å². The Morgan fingerprint density at radius 3 is 2.67 bits per heavy atom. The monoisotopic (exact) mass is 215 g/mol. The maximum atomic E-state index is 10.9. The molecule has 0 aromatic carbocycles. The fraction of sp³-hybridized carbons (Fsp3) is 0.900. The quantitative estimate of drug-likeness (QED) is 0.701. The van der Waals surface area contributed by atoms with Crippen molar-refractivity contribution < 1.29 is 9.53 Å². The Morgan fingerprint density at radius 2 is 2.20 bits per heavy atom. The minimum Gasteiger partial charge on any atom is -0.380 e. The number of primary amides is 1. The molecule has 15 heavy (non-hydrogen) atoms. The number of carbonyl (C=O) groups is 1. The van der Waals surface area contributed by atoms with E-state index in [4.69, 9.17) is 10.5 Å². The van der Waals surface area contributed by atoms with E-state index in [-0.39, 0.29) is 12.1 Å². The van der Waals surface area contributed by atoms with Gasteiger partial charge in [0.1, 0.15) is 0 Å². The number of likely N-dealkylation sites (tertiary alicyclic amines) is 1. The molecule has 0 spiro atoms. The lowest BCUT2D eigenvalue weighted by atomic mass is 10.1. The van der Waals surface area contributed by atoms with Crippen molar-refractivity contribution in [2.45, 2.75) is 31.9 Å². The molecule has 88 valence electrons. The van der Waals surface area contributed by atoms with Gasteiger partial charge < -0.3 is 20.7 Å². The Bertz CT molecular complexity index is 203. The smallest absolute Gasteiger partial charge is 0.314 e. The number of carbonyl (C=O) groups excluding carboxylic acids is 1. The average Bonchev–Trinajstić information content (AvgIpc) is 2.26. The molecule has 1 saturated heterocycles. The van der Waals surface area contributed by atoms with Crippen LogP contribution in [0.1, 0.15) is 19.8 Å². The van der Waals surface area contributed by atoms with Crippen molar-refractivity contribution in [1.29, 1.82) is 0 Å². The second kappa shape index (κ2) is 5.92. The second-order valence-electron chi connectivity index (χ2n) is 4.05. The maximum Gasteiger partial charge on any atom is 0.314 e. The fourth-order valence-electron chi connectivity index (χ4n) is 1.72. The number of methoxy groups -OCH3 is 1. The molecule has 0 saturated carbocycles. The summed E-state index contributed by atoms with van der Waals surface area (Å²) in [5.74, 6) is 0. The second-order valence-corrected chi connectivity index (χ2v) is 4.05. The van der Waals surface area contributed by atoms with E-state index < -0.39 is 0 Å². The van der Waals surface area contributed by atoms with Crippen molar-refractivity contribution in [1.82, 2.24) is 10.2 Å². The first-order valence-electron chi connectivity index (χ1n) is 5.44. The van der Waals surface area contributed by atoms with Gasteiger partial charge in [-0.05, 0) is 19.8 Å². The highest BCUT2D eigenvalue weighted by molar-refractivity contribution is 5.72. The third-order valence-corrected chi connectivity index (χ3v) is 2.90. The normalized spacial score (nSPS) is 20.3. The van der Waals surface area contributed by atoms with Crippen molar-refractivity contribution in [2.24, 2.45) is 5.73 Å². The molecule has 5 nitrogen and oxygen atoms in total. The van der Waals surface area contributed by atoms with Crippen molar-refractivity contribution >= 4 is 6.03 Å². The van der Waals surface area contributed by atoms with Crippen LogP contribution in [0.4, 0.5) is 4.79 Å². The summed E-state index contributed by atoms with van der Waals surface area (Å²) in [5.41, 5.74) is 5.20. The summed E-state index contributed by atoms with van der Waals surface area (Å²) in [6.45, 7) is 4.41. The number of ether oxygens (including phenoxy) is 1. The lowest BCUT2D eigenvalue weighted by Crippen LogP contribution is -2.47. The van der Waals surface area contributed by atoms with Gasteiger partial charge in [0.15, 0.2) is 0 Å². The number of amides is 2. The minimum absolute atomic E-state index is 0.235. The van der Waals surface area contributed by atoms with E-state index >= 15 is 0 Å². The van der Waals surface area contributed by atoms with Gasteiger partial charge in [-0.2, -0.15) is 0 Å². The van der Waals surface area contributed by atoms with Gasteiger partial charge in [-0.25, -0.2) is 4.79 Å². The van der Waals surface area contributed by atoms with E-state index in [0.29, 0.717) is 6.04 Å². The number of hydrogen-bond acceptors (Lipinski definition) is 3. The predicted molar refractivity (Wildman–Crippen MR) is 58.7 cm³/mol. The molecule has 0 radical (unpaired) electrons. The number of nitrogens with zero attached hydrogens (tertiary/aromatic N) is 1. The predicted octanol–water partition coefficient (Wildman–Crippen LogP) is 0.154. The van der Waals surface area contributed by atoms with Crippen LogP contribution in [-0.4, -0.2) is 49.8 Å². The summed E-state index contributed by atoms with van der Waals surface area (Å²) in [4.78, 5) is 12.6. The number of hydrogen-bond donors (Lipinski definition) is 2. The molecule has 0 aromatic heterocycles. The molecule has 1 fully saturated rings. The van der Waals surface area contributed by atoms with Crippen LogP contribution in [0.15, 0.2) is 0 Å².